The van der Waals surface area contributed by atoms with Gasteiger partial charge in [-0.15, -0.1) is 12.4 Å². The molecule has 0 saturated heterocycles. The van der Waals surface area contributed by atoms with E-state index in [1.165, 1.54) is 6.07 Å². The Morgan fingerprint density at radius 2 is 1.67 bits per heavy atom. The average Bonchev–Trinajstić information content (AvgIpc) is 2.06. The van der Waals surface area contributed by atoms with Crippen LogP contribution in [0.15, 0.2) is 24.3 Å². The molecule has 0 saturated carbocycles. The van der Waals surface area contributed by atoms with Crippen molar-refractivity contribution in [3.05, 3.63) is 35.4 Å². The Balaban J connectivity index is 0.00000196. The molecule has 86 valence electrons. The highest BCUT2D eigenvalue weighted by Crippen LogP contribution is 2.23. The summed E-state index contributed by atoms with van der Waals surface area (Å²) in [5.41, 5.74) is 1.04. The third kappa shape index (κ3) is 5.04. The van der Waals surface area contributed by atoms with Gasteiger partial charge < -0.3 is 5.32 Å². The summed E-state index contributed by atoms with van der Waals surface area (Å²) >= 11 is 0. The Morgan fingerprint density at radius 3 is 2.13 bits per heavy atom. The van der Waals surface area contributed by atoms with Gasteiger partial charge in [0.25, 0.3) is 0 Å². The van der Waals surface area contributed by atoms with Crippen molar-refractivity contribution in [1.82, 2.24) is 5.32 Å². The van der Waals surface area contributed by atoms with Gasteiger partial charge >= 0.3 is 6.18 Å². The van der Waals surface area contributed by atoms with Crippen LogP contribution in [-0.4, -0.2) is 13.2 Å². The molecule has 0 bridgehead atoms. The molecule has 0 atom stereocenters. The van der Waals surface area contributed by atoms with Crippen LogP contribution < -0.4 is 5.32 Å². The number of halogens is 4. The van der Waals surface area contributed by atoms with Crippen molar-refractivity contribution < 1.29 is 13.2 Å². The molecule has 1 N–H and O–H groups in total. The first-order valence-corrected chi connectivity index (χ1v) is 4.31. The molecule has 0 aliphatic rings. The molecule has 1 aromatic carbocycles. The lowest BCUT2D eigenvalue weighted by Gasteiger charge is -2.11. The summed E-state index contributed by atoms with van der Waals surface area (Å²) in [4.78, 5) is 0. The molecule has 0 fully saturated rings. The highest BCUT2D eigenvalue weighted by atomic mass is 35.5. The van der Waals surface area contributed by atoms with Gasteiger partial charge in [-0.25, -0.2) is 0 Å². The second kappa shape index (κ2) is 5.98. The summed E-state index contributed by atoms with van der Waals surface area (Å²) < 4.78 is 36.4. The second-order valence-electron chi connectivity index (χ2n) is 3.09. The van der Waals surface area contributed by atoms with Crippen molar-refractivity contribution in [3.63, 3.8) is 0 Å². The molecule has 0 spiro atoms. The van der Waals surface area contributed by atoms with Gasteiger partial charge in [0.05, 0.1) is 6.42 Å². The molecule has 1 nitrogen and oxygen atoms in total. The standard InChI is InChI=1S/C10H12F3N.ClH/c1-14-7-9-5-3-2-4-8(9)6-10(11,12)13;/h2-5,14H,6-7H2,1H3;1H. The Hall–Kier alpha value is -0.740. The fourth-order valence-electron chi connectivity index (χ4n) is 1.31. The summed E-state index contributed by atoms with van der Waals surface area (Å²) in [6, 6.07) is 6.59. The highest BCUT2D eigenvalue weighted by molar-refractivity contribution is 5.85. The first-order valence-electron chi connectivity index (χ1n) is 4.31. The lowest BCUT2D eigenvalue weighted by Crippen LogP contribution is -2.15. The third-order valence-electron chi connectivity index (χ3n) is 1.88. The maximum absolute atomic E-state index is 12.1. The van der Waals surface area contributed by atoms with E-state index in [-0.39, 0.29) is 12.4 Å². The minimum absolute atomic E-state index is 0. The van der Waals surface area contributed by atoms with Gasteiger partial charge in [-0.3, -0.25) is 0 Å². The molecular weight excluding hydrogens is 227 g/mol. The molecule has 0 aliphatic carbocycles. The molecule has 0 radical (unpaired) electrons. The van der Waals surface area contributed by atoms with Crippen molar-refractivity contribution >= 4 is 12.4 Å². The zero-order valence-electron chi connectivity index (χ0n) is 8.27. The summed E-state index contributed by atoms with van der Waals surface area (Å²) in [5.74, 6) is 0. The average molecular weight is 240 g/mol. The van der Waals surface area contributed by atoms with Crippen molar-refractivity contribution in [2.45, 2.75) is 19.1 Å². The number of hydrogen-bond acceptors (Lipinski definition) is 1. The van der Waals surface area contributed by atoms with Gasteiger partial charge in [0, 0.05) is 6.54 Å². The van der Waals surface area contributed by atoms with Crippen LogP contribution in [0.5, 0.6) is 0 Å². The topological polar surface area (TPSA) is 12.0 Å². The van der Waals surface area contributed by atoms with E-state index in [0.29, 0.717) is 17.7 Å². The van der Waals surface area contributed by atoms with E-state index in [1.54, 1.807) is 25.2 Å². The van der Waals surface area contributed by atoms with Gasteiger partial charge in [0.15, 0.2) is 0 Å². The van der Waals surface area contributed by atoms with Gasteiger partial charge in [-0.05, 0) is 18.2 Å². The van der Waals surface area contributed by atoms with Crippen LogP contribution in [0.4, 0.5) is 13.2 Å². The van der Waals surface area contributed by atoms with E-state index in [1.807, 2.05) is 0 Å². The summed E-state index contributed by atoms with van der Waals surface area (Å²) in [5, 5.41) is 2.84. The van der Waals surface area contributed by atoms with Crippen LogP contribution >= 0.6 is 12.4 Å². The Kier molecular flexibility index (Phi) is 5.68. The maximum Gasteiger partial charge on any atom is 0.393 e. The lowest BCUT2D eigenvalue weighted by atomic mass is 10.0. The third-order valence-corrected chi connectivity index (χ3v) is 1.88. The zero-order chi connectivity index (χ0) is 10.6. The van der Waals surface area contributed by atoms with E-state index in [0.717, 1.165) is 0 Å². The van der Waals surface area contributed by atoms with Crippen molar-refractivity contribution in [1.29, 1.82) is 0 Å². The largest absolute Gasteiger partial charge is 0.393 e. The fourth-order valence-corrected chi connectivity index (χ4v) is 1.31. The minimum atomic E-state index is -4.14. The first kappa shape index (κ1) is 14.3. The Bertz CT molecular complexity index is 299. The van der Waals surface area contributed by atoms with Gasteiger partial charge in [-0.2, -0.15) is 13.2 Å². The molecule has 1 rings (SSSR count). The molecule has 0 aromatic heterocycles. The van der Waals surface area contributed by atoms with E-state index >= 15 is 0 Å². The second-order valence-corrected chi connectivity index (χ2v) is 3.09. The summed E-state index contributed by atoms with van der Waals surface area (Å²) in [6.07, 6.45) is -4.99. The van der Waals surface area contributed by atoms with E-state index < -0.39 is 12.6 Å². The van der Waals surface area contributed by atoms with Gasteiger partial charge in [-0.1, -0.05) is 24.3 Å². The molecule has 5 heteroatoms. The Morgan fingerprint density at radius 1 is 1.13 bits per heavy atom. The van der Waals surface area contributed by atoms with E-state index in [9.17, 15) is 13.2 Å². The van der Waals surface area contributed by atoms with Crippen molar-refractivity contribution in [2.24, 2.45) is 0 Å². The smallest absolute Gasteiger partial charge is 0.316 e. The quantitative estimate of drug-likeness (QED) is 0.855. The van der Waals surface area contributed by atoms with Crippen molar-refractivity contribution in [2.75, 3.05) is 7.05 Å². The minimum Gasteiger partial charge on any atom is -0.316 e. The summed E-state index contributed by atoms with van der Waals surface area (Å²) in [7, 11) is 1.71. The summed E-state index contributed by atoms with van der Waals surface area (Å²) in [6.45, 7) is 0.465. The van der Waals surface area contributed by atoms with Crippen LogP contribution in [0.3, 0.4) is 0 Å². The van der Waals surface area contributed by atoms with Gasteiger partial charge in [0.1, 0.15) is 0 Å². The first-order chi connectivity index (χ1) is 6.53. The fraction of sp³-hybridized carbons (Fsp3) is 0.400. The number of alkyl halides is 3. The number of nitrogens with one attached hydrogen (secondary N) is 1. The molecule has 0 amide bonds. The zero-order valence-corrected chi connectivity index (χ0v) is 9.08. The molecule has 15 heavy (non-hydrogen) atoms. The molecule has 0 aliphatic heterocycles. The van der Waals surface area contributed by atoms with Crippen LogP contribution in [-0.2, 0) is 13.0 Å². The lowest BCUT2D eigenvalue weighted by molar-refractivity contribution is -0.127. The van der Waals surface area contributed by atoms with Gasteiger partial charge in [0.2, 0.25) is 0 Å². The maximum atomic E-state index is 12.1. The van der Waals surface area contributed by atoms with Crippen LogP contribution in [0.25, 0.3) is 0 Å². The normalized spacial score (nSPS) is 10.9. The van der Waals surface area contributed by atoms with E-state index in [2.05, 4.69) is 5.32 Å². The Labute approximate surface area is 93.1 Å². The number of benzene rings is 1. The van der Waals surface area contributed by atoms with Crippen LogP contribution in [0.2, 0.25) is 0 Å². The molecular formula is C10H13ClF3N. The predicted molar refractivity (Wildman–Crippen MR) is 56.2 cm³/mol. The number of hydrogen-bond donors (Lipinski definition) is 1. The molecule has 1 aromatic rings. The SMILES string of the molecule is CNCc1ccccc1CC(F)(F)F.Cl. The van der Waals surface area contributed by atoms with Crippen molar-refractivity contribution in [3.8, 4) is 0 Å². The van der Waals surface area contributed by atoms with Crippen LogP contribution in [0, 0.1) is 0 Å². The molecule has 0 heterocycles. The monoisotopic (exact) mass is 239 g/mol. The van der Waals surface area contributed by atoms with Crippen LogP contribution in [0.1, 0.15) is 11.1 Å². The highest BCUT2D eigenvalue weighted by Gasteiger charge is 2.28. The molecule has 0 unspecified atom stereocenters. The van der Waals surface area contributed by atoms with E-state index in [4.69, 9.17) is 0 Å². The number of rotatable bonds is 3. The predicted octanol–water partition coefficient (Wildman–Crippen LogP) is 2.93.